The van der Waals surface area contributed by atoms with Gasteiger partial charge in [0.1, 0.15) is 11.6 Å². The van der Waals surface area contributed by atoms with Crippen LogP contribution in [0.3, 0.4) is 0 Å². The molecule has 0 amide bonds. The first-order chi connectivity index (χ1) is 9.11. The minimum absolute atomic E-state index is 0.00933. The Labute approximate surface area is 108 Å². The molecule has 0 spiro atoms. The predicted molar refractivity (Wildman–Crippen MR) is 64.2 cm³/mol. The summed E-state index contributed by atoms with van der Waals surface area (Å²) in [5, 5.41) is 0. The maximum Gasteiger partial charge on any atom is 0.340 e. The Morgan fingerprint density at radius 2 is 1.79 bits per heavy atom. The Morgan fingerprint density at radius 3 is 2.47 bits per heavy atom. The van der Waals surface area contributed by atoms with E-state index in [0.29, 0.717) is 0 Å². The largest absolute Gasteiger partial charge is 0.465 e. The SMILES string of the molecule is COC(=O)c1cc(Oc2ccccc2F)ccc1F. The van der Waals surface area contributed by atoms with Gasteiger partial charge in [0.25, 0.3) is 0 Å². The van der Waals surface area contributed by atoms with Gasteiger partial charge in [0.15, 0.2) is 11.6 Å². The van der Waals surface area contributed by atoms with Crippen molar-refractivity contribution in [2.24, 2.45) is 0 Å². The van der Waals surface area contributed by atoms with E-state index in [4.69, 9.17) is 4.74 Å². The Morgan fingerprint density at radius 1 is 1.05 bits per heavy atom. The zero-order valence-corrected chi connectivity index (χ0v) is 10.0. The lowest BCUT2D eigenvalue weighted by atomic mass is 10.2. The lowest BCUT2D eigenvalue weighted by Gasteiger charge is -2.08. The molecule has 0 heterocycles. The Bertz CT molecular complexity index is 611. The molecule has 2 aromatic carbocycles. The summed E-state index contributed by atoms with van der Waals surface area (Å²) in [5.41, 5.74) is -0.267. The van der Waals surface area contributed by atoms with Gasteiger partial charge in [0.05, 0.1) is 12.7 Å². The van der Waals surface area contributed by atoms with Crippen molar-refractivity contribution in [2.75, 3.05) is 7.11 Å². The fraction of sp³-hybridized carbons (Fsp3) is 0.0714. The summed E-state index contributed by atoms with van der Waals surface area (Å²) in [6.07, 6.45) is 0. The van der Waals surface area contributed by atoms with Crippen LogP contribution in [0.1, 0.15) is 10.4 Å². The number of benzene rings is 2. The van der Waals surface area contributed by atoms with Crippen molar-refractivity contribution in [1.82, 2.24) is 0 Å². The highest BCUT2D eigenvalue weighted by Crippen LogP contribution is 2.26. The Hall–Kier alpha value is -2.43. The molecule has 0 unspecified atom stereocenters. The molecule has 0 saturated carbocycles. The second kappa shape index (κ2) is 5.48. The molecule has 5 heteroatoms. The first-order valence-electron chi connectivity index (χ1n) is 5.42. The number of carbonyl (C=O) groups is 1. The van der Waals surface area contributed by atoms with Crippen molar-refractivity contribution >= 4 is 5.97 Å². The molecule has 2 aromatic rings. The number of ether oxygens (including phenoxy) is 2. The average molecular weight is 264 g/mol. The molecular formula is C14H10F2O3. The maximum absolute atomic E-state index is 13.4. The van der Waals surface area contributed by atoms with Crippen LogP contribution in [-0.2, 0) is 4.74 Å². The van der Waals surface area contributed by atoms with E-state index in [1.807, 2.05) is 0 Å². The summed E-state index contributed by atoms with van der Waals surface area (Å²) >= 11 is 0. The van der Waals surface area contributed by atoms with Gasteiger partial charge in [0, 0.05) is 0 Å². The minimum atomic E-state index is -0.823. The summed E-state index contributed by atoms with van der Waals surface area (Å²) in [6, 6.07) is 9.30. The van der Waals surface area contributed by atoms with E-state index >= 15 is 0 Å². The van der Waals surface area contributed by atoms with E-state index in [1.54, 1.807) is 6.07 Å². The number of hydrogen-bond acceptors (Lipinski definition) is 3. The van der Waals surface area contributed by atoms with E-state index < -0.39 is 17.6 Å². The first-order valence-corrected chi connectivity index (χ1v) is 5.42. The molecule has 19 heavy (non-hydrogen) atoms. The molecule has 0 saturated heterocycles. The van der Waals surface area contributed by atoms with Crippen molar-refractivity contribution in [3.8, 4) is 11.5 Å². The predicted octanol–water partition coefficient (Wildman–Crippen LogP) is 3.54. The number of para-hydroxylation sites is 1. The van der Waals surface area contributed by atoms with Crippen LogP contribution in [0.5, 0.6) is 11.5 Å². The molecule has 3 nitrogen and oxygen atoms in total. The van der Waals surface area contributed by atoms with E-state index in [-0.39, 0.29) is 17.1 Å². The third kappa shape index (κ3) is 2.88. The van der Waals surface area contributed by atoms with Crippen molar-refractivity contribution < 1.29 is 23.0 Å². The van der Waals surface area contributed by atoms with E-state index in [1.165, 1.54) is 24.3 Å². The number of halogens is 2. The van der Waals surface area contributed by atoms with Crippen molar-refractivity contribution in [2.45, 2.75) is 0 Å². The molecule has 0 aliphatic carbocycles. The molecule has 0 fully saturated rings. The van der Waals surface area contributed by atoms with Crippen molar-refractivity contribution in [1.29, 1.82) is 0 Å². The third-order valence-electron chi connectivity index (χ3n) is 2.41. The second-order valence-corrected chi connectivity index (χ2v) is 3.67. The first kappa shape index (κ1) is 13.0. The summed E-state index contributed by atoms with van der Waals surface area (Å²) in [5.74, 6) is -1.97. The second-order valence-electron chi connectivity index (χ2n) is 3.67. The molecule has 0 radical (unpaired) electrons. The van der Waals surface area contributed by atoms with Crippen LogP contribution in [0.15, 0.2) is 42.5 Å². The van der Waals surface area contributed by atoms with Crippen LogP contribution in [-0.4, -0.2) is 13.1 Å². The number of rotatable bonds is 3. The van der Waals surface area contributed by atoms with Crippen molar-refractivity contribution in [3.63, 3.8) is 0 Å². The van der Waals surface area contributed by atoms with E-state index in [9.17, 15) is 13.6 Å². The van der Waals surface area contributed by atoms with Crippen molar-refractivity contribution in [3.05, 3.63) is 59.7 Å². The topological polar surface area (TPSA) is 35.5 Å². The summed E-state index contributed by atoms with van der Waals surface area (Å²) in [4.78, 5) is 11.3. The highest BCUT2D eigenvalue weighted by Gasteiger charge is 2.14. The van der Waals surface area contributed by atoms with Crippen LogP contribution < -0.4 is 4.74 Å². The highest BCUT2D eigenvalue weighted by molar-refractivity contribution is 5.90. The molecular weight excluding hydrogens is 254 g/mol. The third-order valence-corrected chi connectivity index (χ3v) is 2.41. The lowest BCUT2D eigenvalue weighted by molar-refractivity contribution is 0.0595. The number of hydrogen-bond donors (Lipinski definition) is 0. The molecule has 0 bridgehead atoms. The van der Waals surface area contributed by atoms with Crippen LogP contribution >= 0.6 is 0 Å². The van der Waals surface area contributed by atoms with Crippen LogP contribution in [0.4, 0.5) is 8.78 Å². The molecule has 0 aliphatic rings. The van der Waals surface area contributed by atoms with Gasteiger partial charge in [-0.05, 0) is 30.3 Å². The Kier molecular flexibility index (Phi) is 3.75. The molecule has 0 N–H and O–H groups in total. The molecule has 2 rings (SSSR count). The maximum atomic E-state index is 13.4. The number of esters is 1. The van der Waals surface area contributed by atoms with Crippen LogP contribution in [0.2, 0.25) is 0 Å². The van der Waals surface area contributed by atoms with Gasteiger partial charge in [-0.15, -0.1) is 0 Å². The van der Waals surface area contributed by atoms with E-state index in [2.05, 4.69) is 4.74 Å². The molecule has 0 aliphatic heterocycles. The number of methoxy groups -OCH3 is 1. The van der Waals surface area contributed by atoms with Crippen LogP contribution in [0.25, 0.3) is 0 Å². The van der Waals surface area contributed by atoms with Gasteiger partial charge in [-0.3, -0.25) is 0 Å². The zero-order valence-electron chi connectivity index (χ0n) is 10.0. The quantitative estimate of drug-likeness (QED) is 0.795. The molecule has 0 aromatic heterocycles. The summed E-state index contributed by atoms with van der Waals surface area (Å²) < 4.78 is 36.5. The van der Waals surface area contributed by atoms with E-state index in [0.717, 1.165) is 19.2 Å². The fourth-order valence-electron chi connectivity index (χ4n) is 1.49. The smallest absolute Gasteiger partial charge is 0.340 e. The lowest BCUT2D eigenvalue weighted by Crippen LogP contribution is -2.04. The van der Waals surface area contributed by atoms with Gasteiger partial charge in [-0.2, -0.15) is 0 Å². The van der Waals surface area contributed by atoms with Gasteiger partial charge in [-0.25, -0.2) is 13.6 Å². The Balaban J connectivity index is 2.32. The standard InChI is InChI=1S/C14H10F2O3/c1-18-14(17)10-8-9(6-7-11(10)15)19-13-5-3-2-4-12(13)16/h2-8H,1H3. The average Bonchev–Trinajstić information content (AvgIpc) is 2.42. The van der Waals surface area contributed by atoms with Crippen LogP contribution in [0, 0.1) is 11.6 Å². The summed E-state index contributed by atoms with van der Waals surface area (Å²) in [6.45, 7) is 0. The van der Waals surface area contributed by atoms with Gasteiger partial charge in [-0.1, -0.05) is 12.1 Å². The normalized spacial score (nSPS) is 10.1. The van der Waals surface area contributed by atoms with Gasteiger partial charge in [0.2, 0.25) is 0 Å². The summed E-state index contributed by atoms with van der Waals surface area (Å²) in [7, 11) is 1.15. The highest BCUT2D eigenvalue weighted by atomic mass is 19.1. The van der Waals surface area contributed by atoms with Gasteiger partial charge >= 0.3 is 5.97 Å². The monoisotopic (exact) mass is 264 g/mol. The minimum Gasteiger partial charge on any atom is -0.465 e. The fourth-order valence-corrected chi connectivity index (χ4v) is 1.49. The number of carbonyl (C=O) groups excluding carboxylic acids is 1. The molecule has 98 valence electrons. The van der Waals surface area contributed by atoms with Gasteiger partial charge < -0.3 is 9.47 Å². The molecule has 0 atom stereocenters. The zero-order chi connectivity index (χ0) is 13.8.